The van der Waals surface area contributed by atoms with Crippen LogP contribution in [0.4, 0.5) is 4.39 Å². The van der Waals surface area contributed by atoms with Crippen molar-refractivity contribution >= 4 is 44.0 Å². The predicted octanol–water partition coefficient (Wildman–Crippen LogP) is 3.93. The average Bonchev–Trinajstić information content (AvgIpc) is 3.26. The molecule has 5 heterocycles. The van der Waals surface area contributed by atoms with Gasteiger partial charge in [-0.1, -0.05) is 0 Å². The number of hydrogen-bond donors (Lipinski definition) is 1. The number of aromatic carboxylic acids is 1. The molecule has 0 saturated carbocycles. The number of ether oxygens (including phenoxy) is 1. The van der Waals surface area contributed by atoms with E-state index in [2.05, 4.69) is 31.0 Å². The summed E-state index contributed by atoms with van der Waals surface area (Å²) >= 11 is 3.47. The number of pyridine rings is 2. The maximum atomic E-state index is 15.1. The first-order valence-electron chi connectivity index (χ1n) is 9.91. The molecule has 1 N–H and O–H groups in total. The third-order valence-corrected chi connectivity index (χ3v) is 6.28. The minimum atomic E-state index is -1.15. The third kappa shape index (κ3) is 3.21. The number of fused-ring (bicyclic) bond motifs is 3. The highest BCUT2D eigenvalue weighted by atomic mass is 79.9. The van der Waals surface area contributed by atoms with E-state index in [1.165, 1.54) is 10.7 Å². The second-order valence-electron chi connectivity index (χ2n) is 7.63. The maximum absolute atomic E-state index is 15.1. The Labute approximate surface area is 184 Å². The molecule has 0 bridgehead atoms. The number of nitrogens with zero attached hydrogens (tertiary/aromatic N) is 5. The molecule has 4 aromatic rings. The van der Waals surface area contributed by atoms with Gasteiger partial charge in [-0.05, 0) is 52.9 Å². The highest BCUT2D eigenvalue weighted by molar-refractivity contribution is 9.10. The molecule has 31 heavy (non-hydrogen) atoms. The second-order valence-corrected chi connectivity index (χ2v) is 8.55. The number of aryl methyl sites for hydroxylation is 1. The van der Waals surface area contributed by atoms with Crippen LogP contribution in [0, 0.1) is 11.7 Å². The lowest BCUT2D eigenvalue weighted by Crippen LogP contribution is -2.28. The van der Waals surface area contributed by atoms with Gasteiger partial charge in [-0.3, -0.25) is 14.6 Å². The van der Waals surface area contributed by atoms with E-state index in [0.717, 1.165) is 4.47 Å². The van der Waals surface area contributed by atoms with Crippen molar-refractivity contribution in [3.8, 4) is 0 Å². The van der Waals surface area contributed by atoms with Gasteiger partial charge in [0.15, 0.2) is 5.69 Å². The van der Waals surface area contributed by atoms with E-state index >= 15 is 4.39 Å². The Kier molecular flexibility index (Phi) is 4.98. The summed E-state index contributed by atoms with van der Waals surface area (Å²) in [5.74, 6) is -1.59. The van der Waals surface area contributed by atoms with Crippen LogP contribution in [0.5, 0.6) is 0 Å². The van der Waals surface area contributed by atoms with Crippen molar-refractivity contribution in [1.82, 2.24) is 24.3 Å². The van der Waals surface area contributed by atoms with Gasteiger partial charge in [0.1, 0.15) is 22.4 Å². The zero-order valence-electron chi connectivity index (χ0n) is 16.6. The minimum Gasteiger partial charge on any atom is -0.476 e. The Balaban J connectivity index is 1.91. The first-order chi connectivity index (χ1) is 15.0. The molecule has 1 aliphatic heterocycles. The molecule has 0 aromatic carbocycles. The molecule has 1 atom stereocenters. The average molecular weight is 488 g/mol. The molecule has 8 nitrogen and oxygen atoms in total. The van der Waals surface area contributed by atoms with Crippen LogP contribution in [-0.2, 0) is 11.8 Å². The van der Waals surface area contributed by atoms with Crippen molar-refractivity contribution < 1.29 is 19.0 Å². The van der Waals surface area contributed by atoms with Gasteiger partial charge in [0, 0.05) is 37.1 Å². The van der Waals surface area contributed by atoms with Crippen LogP contribution >= 0.6 is 15.9 Å². The van der Waals surface area contributed by atoms with E-state index in [9.17, 15) is 9.90 Å². The minimum absolute atomic E-state index is 0.00205. The fourth-order valence-corrected chi connectivity index (χ4v) is 4.88. The van der Waals surface area contributed by atoms with Gasteiger partial charge in [-0.2, -0.15) is 5.10 Å². The van der Waals surface area contributed by atoms with Crippen LogP contribution in [0.3, 0.4) is 0 Å². The Bertz CT molecular complexity index is 1310. The van der Waals surface area contributed by atoms with E-state index < -0.39 is 17.8 Å². The highest BCUT2D eigenvalue weighted by Gasteiger charge is 2.35. The van der Waals surface area contributed by atoms with Crippen LogP contribution in [0.15, 0.2) is 35.1 Å². The molecule has 1 saturated heterocycles. The molecule has 0 amide bonds. The van der Waals surface area contributed by atoms with Crippen molar-refractivity contribution in [3.05, 3.63) is 52.3 Å². The normalized spacial score (nSPS) is 16.2. The van der Waals surface area contributed by atoms with E-state index in [-0.39, 0.29) is 17.3 Å². The zero-order valence-corrected chi connectivity index (χ0v) is 18.2. The van der Waals surface area contributed by atoms with Crippen molar-refractivity contribution in [2.45, 2.75) is 18.9 Å². The summed E-state index contributed by atoms with van der Waals surface area (Å²) in [6.07, 6.45) is 4.62. The quantitative estimate of drug-likeness (QED) is 0.468. The van der Waals surface area contributed by atoms with Crippen molar-refractivity contribution in [2.75, 3.05) is 13.2 Å². The van der Waals surface area contributed by atoms with Gasteiger partial charge in [0.25, 0.3) is 0 Å². The van der Waals surface area contributed by atoms with Crippen LogP contribution < -0.4 is 0 Å². The Hall–Kier alpha value is -2.85. The number of carbonyl (C=O) groups is 1. The number of carboxylic acid groups (broad SMARTS) is 1. The summed E-state index contributed by atoms with van der Waals surface area (Å²) in [4.78, 5) is 21.0. The van der Waals surface area contributed by atoms with Gasteiger partial charge in [0.2, 0.25) is 0 Å². The molecule has 0 aliphatic carbocycles. The number of rotatable bonds is 4. The molecule has 1 unspecified atom stereocenters. The fourth-order valence-electron chi connectivity index (χ4n) is 4.56. The smallest absolute Gasteiger partial charge is 0.358 e. The highest BCUT2D eigenvalue weighted by Crippen LogP contribution is 2.41. The van der Waals surface area contributed by atoms with Crippen LogP contribution in [-0.4, -0.2) is 48.6 Å². The topological polar surface area (TPSA) is 95.1 Å². The first-order valence-corrected chi connectivity index (χ1v) is 10.7. The summed E-state index contributed by atoms with van der Waals surface area (Å²) in [6, 6.07) is 4.27. The molecule has 0 spiro atoms. The molecule has 1 aliphatic rings. The van der Waals surface area contributed by atoms with E-state index in [0.29, 0.717) is 48.1 Å². The maximum Gasteiger partial charge on any atom is 0.358 e. The first kappa shape index (κ1) is 20.1. The largest absolute Gasteiger partial charge is 0.476 e. The molecular weight excluding hydrogens is 469 g/mol. The van der Waals surface area contributed by atoms with E-state index in [1.807, 2.05) is 10.6 Å². The summed E-state index contributed by atoms with van der Waals surface area (Å²) in [5.41, 5.74) is 2.48. The molecular formula is C21H19BrFN5O3. The lowest BCUT2D eigenvalue weighted by atomic mass is 9.88. The number of carboxylic acids is 1. The van der Waals surface area contributed by atoms with Gasteiger partial charge < -0.3 is 14.4 Å². The van der Waals surface area contributed by atoms with E-state index in [4.69, 9.17) is 4.74 Å². The van der Waals surface area contributed by atoms with Gasteiger partial charge in [-0.25, -0.2) is 9.18 Å². The molecule has 10 heteroatoms. The summed E-state index contributed by atoms with van der Waals surface area (Å²) in [6.45, 7) is 1.11. The third-order valence-electron chi connectivity index (χ3n) is 5.84. The molecule has 4 aromatic heterocycles. The summed E-state index contributed by atoms with van der Waals surface area (Å²) < 4.78 is 24.7. The Morgan fingerprint density at radius 1 is 1.32 bits per heavy atom. The molecule has 160 valence electrons. The Morgan fingerprint density at radius 3 is 2.81 bits per heavy atom. The van der Waals surface area contributed by atoms with E-state index in [1.54, 1.807) is 25.5 Å². The molecule has 1 fully saturated rings. The number of halogens is 2. The summed E-state index contributed by atoms with van der Waals surface area (Å²) in [5, 5.41) is 14.1. The van der Waals surface area contributed by atoms with Crippen molar-refractivity contribution in [2.24, 2.45) is 13.0 Å². The second kappa shape index (κ2) is 7.69. The SMILES string of the molecule is Cn1nc(C(=O)O)c2c1c1ncc(Br)cc1n2C(c1ncccc1F)C1CCOCC1. The lowest BCUT2D eigenvalue weighted by Gasteiger charge is -2.32. The van der Waals surface area contributed by atoms with Crippen molar-refractivity contribution in [3.63, 3.8) is 0 Å². The van der Waals surface area contributed by atoms with Gasteiger partial charge in [-0.15, -0.1) is 0 Å². The number of aromatic nitrogens is 5. The van der Waals surface area contributed by atoms with Crippen LogP contribution in [0.1, 0.15) is 35.1 Å². The lowest BCUT2D eigenvalue weighted by molar-refractivity contribution is 0.0541. The monoisotopic (exact) mass is 487 g/mol. The zero-order chi connectivity index (χ0) is 21.7. The standard InChI is InChI=1S/C21H19BrFN5O3/c1-27-19-16-14(9-12(22)10-25-16)28(20(19)17(26-27)21(29)30)18(11-4-7-31-8-5-11)15-13(23)3-2-6-24-15/h2-3,6,9-11,18H,4-5,7-8H2,1H3,(H,29,30). The van der Waals surface area contributed by atoms with Gasteiger partial charge >= 0.3 is 5.97 Å². The predicted molar refractivity (Wildman–Crippen MR) is 115 cm³/mol. The van der Waals surface area contributed by atoms with Gasteiger partial charge in [0.05, 0.1) is 17.3 Å². The number of hydrogen-bond acceptors (Lipinski definition) is 5. The Morgan fingerprint density at radius 2 is 2.10 bits per heavy atom. The van der Waals surface area contributed by atoms with Crippen LogP contribution in [0.2, 0.25) is 0 Å². The fraction of sp³-hybridized carbons (Fsp3) is 0.333. The van der Waals surface area contributed by atoms with Crippen molar-refractivity contribution in [1.29, 1.82) is 0 Å². The molecule has 0 radical (unpaired) electrons. The summed E-state index contributed by atoms with van der Waals surface area (Å²) in [7, 11) is 1.69. The van der Waals surface area contributed by atoms with Crippen LogP contribution in [0.25, 0.3) is 22.1 Å². The molecule has 5 rings (SSSR count).